The lowest BCUT2D eigenvalue weighted by molar-refractivity contribution is -0.145. The molecule has 84 valence electrons. The number of nitrogens with one attached hydrogen (secondary N) is 1. The number of esters is 1. The van der Waals surface area contributed by atoms with E-state index in [0.717, 1.165) is 23.4 Å². The van der Waals surface area contributed by atoms with E-state index in [-0.39, 0.29) is 5.97 Å². The average Bonchev–Trinajstić information content (AvgIpc) is 2.74. The van der Waals surface area contributed by atoms with Crippen LogP contribution in [0.1, 0.15) is 12.0 Å². The highest BCUT2D eigenvalue weighted by atomic mass is 32.1. The molecule has 1 aromatic carbocycles. The molecular formula is C12H13NO2S. The van der Waals surface area contributed by atoms with Crippen molar-refractivity contribution in [2.24, 2.45) is 0 Å². The van der Waals surface area contributed by atoms with Crippen molar-refractivity contribution in [2.45, 2.75) is 19.1 Å². The fourth-order valence-corrected chi connectivity index (χ4v) is 1.91. The van der Waals surface area contributed by atoms with Gasteiger partial charge in [0.2, 0.25) is 0 Å². The molecule has 1 aliphatic heterocycles. The predicted molar refractivity (Wildman–Crippen MR) is 65.2 cm³/mol. The van der Waals surface area contributed by atoms with Crippen LogP contribution in [0.5, 0.6) is 0 Å². The van der Waals surface area contributed by atoms with Crippen LogP contribution >= 0.6 is 12.2 Å². The molecule has 1 fully saturated rings. The highest BCUT2D eigenvalue weighted by Crippen LogP contribution is 2.07. The Kier molecular flexibility index (Phi) is 3.64. The van der Waals surface area contributed by atoms with Crippen molar-refractivity contribution in [2.75, 3.05) is 6.54 Å². The van der Waals surface area contributed by atoms with Crippen LogP contribution in [0, 0.1) is 0 Å². The molecule has 16 heavy (non-hydrogen) atoms. The molecule has 0 aromatic heterocycles. The van der Waals surface area contributed by atoms with Crippen molar-refractivity contribution in [1.82, 2.24) is 5.32 Å². The fraction of sp³-hybridized carbons (Fsp3) is 0.333. The number of hydrogen-bond donors (Lipinski definition) is 1. The van der Waals surface area contributed by atoms with Crippen LogP contribution in [-0.2, 0) is 16.1 Å². The minimum absolute atomic E-state index is 0.272. The largest absolute Gasteiger partial charge is 0.459 e. The van der Waals surface area contributed by atoms with Gasteiger partial charge < -0.3 is 4.74 Å². The van der Waals surface area contributed by atoms with E-state index in [1.165, 1.54) is 0 Å². The van der Waals surface area contributed by atoms with Crippen LogP contribution in [0.4, 0.5) is 0 Å². The lowest BCUT2D eigenvalue weighted by Gasteiger charge is -2.10. The minimum atomic E-state index is -0.390. The minimum Gasteiger partial charge on any atom is -0.459 e. The maximum absolute atomic E-state index is 11.7. The second kappa shape index (κ2) is 5.18. The van der Waals surface area contributed by atoms with E-state index in [0.29, 0.717) is 6.61 Å². The smallest absolute Gasteiger partial charge is 0.328 e. The first-order chi connectivity index (χ1) is 7.77. The molecule has 1 atom stereocenters. The first kappa shape index (κ1) is 11.2. The molecule has 0 unspecified atom stereocenters. The lowest BCUT2D eigenvalue weighted by atomic mass is 10.2. The average molecular weight is 235 g/mol. The van der Waals surface area contributed by atoms with Gasteiger partial charge in [-0.05, 0) is 12.0 Å². The summed E-state index contributed by atoms with van der Waals surface area (Å²) in [4.78, 5) is 12.4. The van der Waals surface area contributed by atoms with Gasteiger partial charge in [-0.2, -0.15) is 0 Å². The Hall–Kier alpha value is -1.26. The van der Waals surface area contributed by atoms with Gasteiger partial charge in [0.1, 0.15) is 12.6 Å². The molecule has 0 saturated carbocycles. The molecule has 0 radical (unpaired) electrons. The van der Waals surface area contributed by atoms with Crippen LogP contribution in [0.25, 0.3) is 0 Å². The Morgan fingerprint density at radius 1 is 1.44 bits per heavy atom. The van der Waals surface area contributed by atoms with Gasteiger partial charge in [-0.3, -0.25) is 5.32 Å². The van der Waals surface area contributed by atoms with Crippen LogP contribution in [-0.4, -0.2) is 23.4 Å². The monoisotopic (exact) mass is 235 g/mol. The molecule has 0 aliphatic carbocycles. The summed E-state index contributed by atoms with van der Waals surface area (Å²) >= 11 is 5.08. The molecule has 1 heterocycles. The number of benzene rings is 1. The van der Waals surface area contributed by atoms with Gasteiger partial charge in [0, 0.05) is 11.4 Å². The number of ether oxygens (including phenoxy) is 1. The van der Waals surface area contributed by atoms with Crippen molar-refractivity contribution in [3.8, 4) is 0 Å². The third-order valence-corrected chi connectivity index (χ3v) is 2.94. The van der Waals surface area contributed by atoms with Crippen LogP contribution in [0.3, 0.4) is 0 Å². The van der Waals surface area contributed by atoms with Gasteiger partial charge in [-0.25, -0.2) is 4.79 Å². The molecular weight excluding hydrogens is 222 g/mol. The summed E-state index contributed by atoms with van der Waals surface area (Å²) in [6.45, 7) is 1.07. The number of rotatable bonds is 3. The van der Waals surface area contributed by atoms with Crippen molar-refractivity contribution in [1.29, 1.82) is 0 Å². The van der Waals surface area contributed by atoms with E-state index in [1.807, 2.05) is 30.3 Å². The summed E-state index contributed by atoms with van der Waals surface area (Å²) in [7, 11) is 0. The quantitative estimate of drug-likeness (QED) is 0.636. The molecule has 1 N–H and O–H groups in total. The van der Waals surface area contributed by atoms with Crippen LogP contribution in [0.15, 0.2) is 30.3 Å². The van der Waals surface area contributed by atoms with Crippen molar-refractivity contribution in [3.05, 3.63) is 35.9 Å². The van der Waals surface area contributed by atoms with Crippen molar-refractivity contribution in [3.63, 3.8) is 0 Å². The highest BCUT2D eigenvalue weighted by molar-refractivity contribution is 7.80. The lowest BCUT2D eigenvalue weighted by Crippen LogP contribution is -2.36. The summed E-state index contributed by atoms with van der Waals surface area (Å²) in [5, 5.41) is 3.03. The molecule has 0 bridgehead atoms. The molecule has 4 heteroatoms. The zero-order valence-electron chi connectivity index (χ0n) is 8.81. The van der Waals surface area contributed by atoms with E-state index >= 15 is 0 Å². The first-order valence-electron chi connectivity index (χ1n) is 5.24. The van der Waals surface area contributed by atoms with Crippen LogP contribution in [0.2, 0.25) is 0 Å². The van der Waals surface area contributed by atoms with E-state index in [1.54, 1.807) is 0 Å². The zero-order chi connectivity index (χ0) is 11.4. The standard InChI is InChI=1S/C12H13NO2S/c14-12(11-10(16)6-7-13-11)15-8-9-4-2-1-3-5-9/h1-5,11,13H,6-8H2/t11-/m0/s1. The van der Waals surface area contributed by atoms with E-state index in [4.69, 9.17) is 17.0 Å². The summed E-state index contributed by atoms with van der Waals surface area (Å²) in [5.74, 6) is -0.272. The van der Waals surface area contributed by atoms with Gasteiger partial charge in [-0.15, -0.1) is 0 Å². The maximum atomic E-state index is 11.7. The number of carbonyl (C=O) groups excluding carboxylic acids is 1. The SMILES string of the molecule is O=C(OCc1ccccc1)[C@H]1NCCC1=S. The third-order valence-electron chi connectivity index (χ3n) is 2.50. The van der Waals surface area contributed by atoms with E-state index < -0.39 is 6.04 Å². The summed E-state index contributed by atoms with van der Waals surface area (Å²) in [6.07, 6.45) is 0.778. The topological polar surface area (TPSA) is 38.3 Å². The zero-order valence-corrected chi connectivity index (χ0v) is 9.63. The van der Waals surface area contributed by atoms with E-state index in [9.17, 15) is 4.79 Å². The summed E-state index contributed by atoms with van der Waals surface area (Å²) in [6, 6.07) is 9.22. The van der Waals surface area contributed by atoms with E-state index in [2.05, 4.69) is 5.32 Å². The third kappa shape index (κ3) is 2.65. The van der Waals surface area contributed by atoms with Gasteiger partial charge in [0.25, 0.3) is 0 Å². The molecule has 2 rings (SSSR count). The molecule has 0 amide bonds. The second-order valence-electron chi connectivity index (χ2n) is 3.70. The molecule has 1 aromatic rings. The number of carbonyl (C=O) groups is 1. The Balaban J connectivity index is 1.86. The number of thiocarbonyl (C=S) groups is 1. The Morgan fingerprint density at radius 3 is 2.81 bits per heavy atom. The summed E-state index contributed by atoms with van der Waals surface area (Å²) < 4.78 is 5.19. The fourth-order valence-electron chi connectivity index (χ4n) is 1.62. The normalized spacial score (nSPS) is 19.8. The van der Waals surface area contributed by atoms with Crippen LogP contribution < -0.4 is 5.32 Å². The molecule has 1 saturated heterocycles. The van der Waals surface area contributed by atoms with Crippen molar-refractivity contribution < 1.29 is 9.53 Å². The summed E-state index contributed by atoms with van der Waals surface area (Å²) in [5.41, 5.74) is 0.986. The van der Waals surface area contributed by atoms with Gasteiger partial charge in [0.05, 0.1) is 0 Å². The number of hydrogen-bond acceptors (Lipinski definition) is 4. The second-order valence-corrected chi connectivity index (χ2v) is 4.22. The Labute approximate surface area is 99.8 Å². The van der Waals surface area contributed by atoms with Gasteiger partial charge in [-0.1, -0.05) is 42.5 Å². The molecule has 0 spiro atoms. The molecule has 3 nitrogen and oxygen atoms in total. The maximum Gasteiger partial charge on any atom is 0.328 e. The predicted octanol–water partition coefficient (Wildman–Crippen LogP) is 1.46. The van der Waals surface area contributed by atoms with Gasteiger partial charge in [0.15, 0.2) is 0 Å². The van der Waals surface area contributed by atoms with Crippen molar-refractivity contribution >= 4 is 23.1 Å². The highest BCUT2D eigenvalue weighted by Gasteiger charge is 2.28. The van der Waals surface area contributed by atoms with Gasteiger partial charge >= 0.3 is 5.97 Å². The Bertz CT molecular complexity index is 391. The molecule has 1 aliphatic rings. The Morgan fingerprint density at radius 2 is 2.19 bits per heavy atom. The first-order valence-corrected chi connectivity index (χ1v) is 5.65.